The highest BCUT2D eigenvalue weighted by molar-refractivity contribution is 7.57. The molecule has 2 aromatic rings. The molecule has 1 aromatic carbocycles. The van der Waals surface area contributed by atoms with Gasteiger partial charge in [-0.2, -0.15) is 0 Å². The van der Waals surface area contributed by atoms with E-state index < -0.39 is 6.04 Å². The Labute approximate surface area is 156 Å². The van der Waals surface area contributed by atoms with Crippen LogP contribution in [-0.2, 0) is 28.8 Å². The zero-order valence-electron chi connectivity index (χ0n) is 14.2. The van der Waals surface area contributed by atoms with E-state index in [2.05, 4.69) is 33.6 Å². The number of aromatic nitrogens is 1. The van der Waals surface area contributed by atoms with Gasteiger partial charge in [0, 0.05) is 23.0 Å². The first-order chi connectivity index (χ1) is 12.6. The quantitative estimate of drug-likeness (QED) is 0.429. The van der Waals surface area contributed by atoms with Gasteiger partial charge < -0.3 is 9.72 Å². The van der Waals surface area contributed by atoms with Gasteiger partial charge in [-0.15, -0.1) is 0 Å². The summed E-state index contributed by atoms with van der Waals surface area (Å²) in [5, 5.41) is 12.4. The number of H-pyrrole nitrogens is 1. The summed E-state index contributed by atoms with van der Waals surface area (Å²) >= 11 is 3.13. The number of carbonyl (C=O) groups is 1. The van der Waals surface area contributed by atoms with Crippen LogP contribution in [0, 0.1) is 5.41 Å². The lowest BCUT2D eigenvalue weighted by molar-refractivity contribution is -0.143. The van der Waals surface area contributed by atoms with Crippen LogP contribution in [0.25, 0.3) is 10.9 Å². The summed E-state index contributed by atoms with van der Waals surface area (Å²) in [5.41, 5.74) is 4.99. The van der Waals surface area contributed by atoms with Crippen LogP contribution in [0.1, 0.15) is 17.3 Å². The number of allylic oxidation sites excluding steroid dienone is 2. The van der Waals surface area contributed by atoms with Crippen LogP contribution in [-0.4, -0.2) is 35.5 Å². The molecule has 6 nitrogen and oxygen atoms in total. The van der Waals surface area contributed by atoms with E-state index in [0.29, 0.717) is 17.8 Å². The molecule has 1 aromatic heterocycles. The summed E-state index contributed by atoms with van der Waals surface area (Å²) in [5.74, 6) is -0.284. The standard InChI is InChI=1S/C19H18N4O2S/c1-25-19(24)16-9-12-11-4-2-3-5-14(11)21-18(12)17(22-16)10-6-7-13(20)15(8-10)23-26/h2-8,16-17,20-22,26H,9H2,1H3/p+1/b20-13?,23-15-/t16-,17-/m1/s1. The van der Waals surface area contributed by atoms with Crippen LogP contribution in [0.2, 0.25) is 0 Å². The number of nitrogens with one attached hydrogen (secondary N) is 3. The maximum Gasteiger partial charge on any atom is 0.323 e. The smallest absolute Gasteiger partial charge is 0.323 e. The molecule has 26 heavy (non-hydrogen) atoms. The summed E-state index contributed by atoms with van der Waals surface area (Å²) in [6, 6.07) is 7.43. The van der Waals surface area contributed by atoms with Crippen molar-refractivity contribution in [1.82, 2.24) is 10.3 Å². The Morgan fingerprint density at radius 2 is 2.15 bits per heavy atom. The minimum absolute atomic E-state index is 0.219. The Kier molecular flexibility index (Phi) is 4.26. The number of para-hydroxylation sites is 1. The molecule has 0 saturated carbocycles. The van der Waals surface area contributed by atoms with Gasteiger partial charge in [0.2, 0.25) is 0 Å². The molecule has 2 atom stereocenters. The number of nitrogens with zero attached hydrogens (tertiary/aromatic N) is 1. The number of rotatable bonds is 2. The normalized spacial score (nSPS) is 23.8. The van der Waals surface area contributed by atoms with Gasteiger partial charge in [-0.3, -0.25) is 15.5 Å². The average molecular weight is 367 g/mol. The van der Waals surface area contributed by atoms with E-state index in [4.69, 9.17) is 10.1 Å². The van der Waals surface area contributed by atoms with Crippen LogP contribution in [0.3, 0.4) is 0 Å². The number of aromatic amines is 1. The highest BCUT2D eigenvalue weighted by atomic mass is 32.1. The molecule has 7 heteroatoms. The lowest BCUT2D eigenvalue weighted by Crippen LogP contribution is -2.46. The molecule has 1 aliphatic carbocycles. The van der Waals surface area contributed by atoms with Crippen molar-refractivity contribution in [2.45, 2.75) is 18.5 Å². The molecule has 0 spiro atoms. The number of methoxy groups -OCH3 is 1. The molecule has 3 N–H and O–H groups in total. The molecule has 1 aliphatic heterocycles. The number of hydrogen-bond acceptors (Lipinski definition) is 5. The highest BCUT2D eigenvalue weighted by Gasteiger charge is 2.35. The number of ether oxygens (including phenoxy) is 1. The molecule has 4 rings (SSSR count). The van der Waals surface area contributed by atoms with Gasteiger partial charge >= 0.3 is 5.97 Å². The zero-order valence-corrected chi connectivity index (χ0v) is 15.2. The molecule has 2 heterocycles. The van der Waals surface area contributed by atoms with Crippen molar-refractivity contribution in [3.05, 3.63) is 59.3 Å². The largest absolute Gasteiger partial charge is 0.468 e. The van der Waals surface area contributed by atoms with E-state index in [-0.39, 0.29) is 12.0 Å². The van der Waals surface area contributed by atoms with Crippen molar-refractivity contribution in [3.63, 3.8) is 0 Å². The van der Waals surface area contributed by atoms with Crippen molar-refractivity contribution >= 4 is 41.1 Å². The Balaban J connectivity index is 1.85. The fraction of sp³-hybridized carbons (Fsp3) is 0.211. The Hall–Kier alpha value is -2.64. The van der Waals surface area contributed by atoms with Gasteiger partial charge in [0.15, 0.2) is 0 Å². The van der Waals surface area contributed by atoms with Gasteiger partial charge in [-0.1, -0.05) is 28.7 Å². The lowest BCUT2D eigenvalue weighted by Gasteiger charge is -2.31. The predicted octanol–water partition coefficient (Wildman–Crippen LogP) is 1.78. The summed E-state index contributed by atoms with van der Waals surface area (Å²) in [7, 11) is 1.40. The fourth-order valence-electron chi connectivity index (χ4n) is 3.61. The molecular formula is C19H19N4O2S+. The van der Waals surface area contributed by atoms with E-state index in [9.17, 15) is 4.79 Å². The van der Waals surface area contributed by atoms with Crippen LogP contribution in [0.15, 0.2) is 52.5 Å². The van der Waals surface area contributed by atoms with Gasteiger partial charge in [-0.25, -0.2) is 0 Å². The van der Waals surface area contributed by atoms with E-state index >= 15 is 0 Å². The second kappa shape index (κ2) is 6.59. The topological polar surface area (TPSA) is 90.3 Å². The molecule has 132 valence electrons. The van der Waals surface area contributed by atoms with Crippen LogP contribution >= 0.6 is 0 Å². The summed E-state index contributed by atoms with van der Waals surface area (Å²) in [6.45, 7) is 0. The van der Waals surface area contributed by atoms with Crippen molar-refractivity contribution < 1.29 is 9.53 Å². The second-order valence-electron chi connectivity index (χ2n) is 6.33. The van der Waals surface area contributed by atoms with Crippen LogP contribution in [0.5, 0.6) is 0 Å². The van der Waals surface area contributed by atoms with E-state index in [1.54, 1.807) is 6.08 Å². The predicted molar refractivity (Wildman–Crippen MR) is 106 cm³/mol. The molecule has 0 fully saturated rings. The molecule has 0 saturated heterocycles. The molecule has 2 aliphatic rings. The fourth-order valence-corrected chi connectivity index (χ4v) is 3.80. The van der Waals surface area contributed by atoms with Crippen molar-refractivity contribution in [1.29, 1.82) is 5.41 Å². The molecule has 0 bridgehead atoms. The lowest BCUT2D eigenvalue weighted by atomic mass is 9.88. The first-order valence-electron chi connectivity index (χ1n) is 8.28. The SMILES string of the molecule is COC(=O)[C@H]1Cc2c([nH]c3ccccc23)[C@@H](C2=C/C(=N/[SH2+])C(=N)C=C2)N1. The number of esters is 1. The molecule has 0 radical (unpaired) electrons. The first kappa shape index (κ1) is 16.8. The molecule has 0 unspecified atom stereocenters. The van der Waals surface area contributed by atoms with E-state index in [0.717, 1.165) is 27.7 Å². The second-order valence-corrected chi connectivity index (χ2v) is 6.55. The van der Waals surface area contributed by atoms with Gasteiger partial charge in [0.05, 0.1) is 31.7 Å². The number of benzene rings is 1. The number of fused-ring (bicyclic) bond motifs is 3. The van der Waals surface area contributed by atoms with Crippen LogP contribution < -0.4 is 5.32 Å². The number of hydrogen-bond donors (Lipinski definition) is 3. The van der Waals surface area contributed by atoms with Crippen molar-refractivity contribution in [2.75, 3.05) is 7.11 Å². The van der Waals surface area contributed by atoms with Gasteiger partial charge in [0.25, 0.3) is 0 Å². The van der Waals surface area contributed by atoms with E-state index in [1.165, 1.54) is 7.11 Å². The van der Waals surface area contributed by atoms with Crippen LogP contribution in [0.4, 0.5) is 0 Å². The average Bonchev–Trinajstić information content (AvgIpc) is 3.05. The van der Waals surface area contributed by atoms with Gasteiger partial charge in [0.1, 0.15) is 11.8 Å². The summed E-state index contributed by atoms with van der Waals surface area (Å²) in [6.07, 6.45) is 6.01. The summed E-state index contributed by atoms with van der Waals surface area (Å²) in [4.78, 5) is 15.7. The Bertz CT molecular complexity index is 1000. The third-order valence-electron chi connectivity index (χ3n) is 4.87. The monoisotopic (exact) mass is 367 g/mol. The van der Waals surface area contributed by atoms with E-state index in [1.807, 2.05) is 30.4 Å². The zero-order chi connectivity index (χ0) is 18.3. The minimum Gasteiger partial charge on any atom is -0.468 e. The first-order valence-corrected chi connectivity index (χ1v) is 8.73. The Morgan fingerprint density at radius 1 is 1.35 bits per heavy atom. The maximum atomic E-state index is 12.2. The minimum atomic E-state index is -0.434. The van der Waals surface area contributed by atoms with Crippen molar-refractivity contribution in [2.24, 2.45) is 4.40 Å². The van der Waals surface area contributed by atoms with Crippen molar-refractivity contribution in [3.8, 4) is 0 Å². The summed E-state index contributed by atoms with van der Waals surface area (Å²) < 4.78 is 8.96. The molecular weight excluding hydrogens is 348 g/mol. The Morgan fingerprint density at radius 3 is 2.92 bits per heavy atom. The third kappa shape index (κ3) is 2.69. The van der Waals surface area contributed by atoms with Gasteiger partial charge in [-0.05, 0) is 29.4 Å². The maximum absolute atomic E-state index is 12.2. The number of carbonyl (C=O) groups excluding carboxylic acids is 1. The molecule has 0 amide bonds. The third-order valence-corrected chi connectivity index (χ3v) is 5.11. The highest BCUT2D eigenvalue weighted by Crippen LogP contribution is 2.36.